The van der Waals surface area contributed by atoms with Crippen LogP contribution in [-0.2, 0) is 16.1 Å². The van der Waals surface area contributed by atoms with E-state index in [2.05, 4.69) is 20.9 Å². The highest BCUT2D eigenvalue weighted by atomic mass is 79.9. The minimum Gasteiger partial charge on any atom is -0.385 e. The van der Waals surface area contributed by atoms with Gasteiger partial charge in [-0.15, -0.1) is 0 Å². The molecular weight excluding hydrogens is 246 g/mol. The fourth-order valence-corrected chi connectivity index (χ4v) is 1.21. The minimum atomic E-state index is 0.566. The largest absolute Gasteiger partial charge is 0.385 e. The Kier molecular flexibility index (Phi) is 5.75. The molecular formula is C10H14BrNO2. The predicted molar refractivity (Wildman–Crippen MR) is 58.1 cm³/mol. The number of ether oxygens (including phenoxy) is 2. The highest BCUT2D eigenvalue weighted by Gasteiger charge is 1.94. The maximum atomic E-state index is 5.40. The maximum absolute atomic E-state index is 5.40. The fourth-order valence-electron chi connectivity index (χ4n) is 0.974. The van der Waals surface area contributed by atoms with E-state index in [1.807, 2.05) is 12.1 Å². The number of methoxy groups -OCH3 is 1. The quantitative estimate of drug-likeness (QED) is 0.736. The summed E-state index contributed by atoms with van der Waals surface area (Å²) < 4.78 is 11.3. The lowest BCUT2D eigenvalue weighted by Gasteiger charge is -2.03. The van der Waals surface area contributed by atoms with Crippen LogP contribution in [0.5, 0.6) is 0 Å². The summed E-state index contributed by atoms with van der Waals surface area (Å²) in [7, 11) is 1.69. The molecule has 0 aliphatic rings. The highest BCUT2D eigenvalue weighted by molar-refractivity contribution is 9.10. The molecule has 0 saturated carbocycles. The van der Waals surface area contributed by atoms with Crippen LogP contribution >= 0.6 is 15.9 Å². The van der Waals surface area contributed by atoms with Gasteiger partial charge in [0.2, 0.25) is 0 Å². The van der Waals surface area contributed by atoms with Crippen LogP contribution in [0.3, 0.4) is 0 Å². The Morgan fingerprint density at radius 3 is 2.86 bits per heavy atom. The van der Waals surface area contributed by atoms with E-state index >= 15 is 0 Å². The Morgan fingerprint density at radius 1 is 1.36 bits per heavy atom. The van der Waals surface area contributed by atoms with Gasteiger partial charge in [0.15, 0.2) is 0 Å². The van der Waals surface area contributed by atoms with Gasteiger partial charge in [-0.25, -0.2) is 0 Å². The maximum Gasteiger partial charge on any atom is 0.0887 e. The summed E-state index contributed by atoms with van der Waals surface area (Å²) in [4.78, 5) is 4.19. The molecule has 0 bridgehead atoms. The van der Waals surface area contributed by atoms with Gasteiger partial charge in [0, 0.05) is 31.0 Å². The Morgan fingerprint density at radius 2 is 2.21 bits per heavy atom. The molecule has 3 nitrogen and oxygen atoms in total. The van der Waals surface area contributed by atoms with E-state index in [4.69, 9.17) is 9.47 Å². The molecule has 0 aliphatic carbocycles. The van der Waals surface area contributed by atoms with Gasteiger partial charge in [-0.3, -0.25) is 4.98 Å². The molecule has 0 atom stereocenters. The molecule has 78 valence electrons. The molecule has 0 unspecified atom stereocenters. The molecule has 0 radical (unpaired) electrons. The summed E-state index contributed by atoms with van der Waals surface area (Å²) in [6.45, 7) is 2.02. The first-order chi connectivity index (χ1) is 6.83. The third kappa shape index (κ3) is 4.69. The van der Waals surface area contributed by atoms with E-state index in [1.54, 1.807) is 13.3 Å². The average Bonchev–Trinajstić information content (AvgIpc) is 2.21. The summed E-state index contributed by atoms with van der Waals surface area (Å²) in [6.07, 6.45) is 2.70. The van der Waals surface area contributed by atoms with Crippen LogP contribution in [0.15, 0.2) is 22.8 Å². The number of halogens is 1. The van der Waals surface area contributed by atoms with Crippen molar-refractivity contribution in [2.24, 2.45) is 0 Å². The SMILES string of the molecule is COCCCOCc1ccc(Br)cn1. The zero-order valence-electron chi connectivity index (χ0n) is 8.20. The van der Waals surface area contributed by atoms with Crippen molar-refractivity contribution in [2.75, 3.05) is 20.3 Å². The van der Waals surface area contributed by atoms with Gasteiger partial charge < -0.3 is 9.47 Å². The van der Waals surface area contributed by atoms with E-state index < -0.39 is 0 Å². The third-order valence-corrected chi connectivity index (χ3v) is 2.14. The second-order valence-corrected chi connectivity index (χ2v) is 3.78. The molecule has 0 N–H and O–H groups in total. The normalized spacial score (nSPS) is 10.4. The number of nitrogens with zero attached hydrogens (tertiary/aromatic N) is 1. The van der Waals surface area contributed by atoms with E-state index in [0.717, 1.165) is 23.2 Å². The number of hydrogen-bond acceptors (Lipinski definition) is 3. The molecule has 1 aromatic heterocycles. The zero-order valence-corrected chi connectivity index (χ0v) is 9.79. The number of aromatic nitrogens is 1. The lowest BCUT2D eigenvalue weighted by Crippen LogP contribution is -2.00. The molecule has 14 heavy (non-hydrogen) atoms. The first-order valence-electron chi connectivity index (χ1n) is 4.50. The molecule has 0 aliphatic heterocycles. The summed E-state index contributed by atoms with van der Waals surface area (Å²) in [5.41, 5.74) is 0.950. The van der Waals surface area contributed by atoms with Crippen LogP contribution < -0.4 is 0 Å². The Labute approximate surface area is 92.6 Å². The van der Waals surface area contributed by atoms with Gasteiger partial charge >= 0.3 is 0 Å². The standard InChI is InChI=1S/C10H14BrNO2/c1-13-5-2-6-14-8-10-4-3-9(11)7-12-10/h3-4,7H,2,5-6,8H2,1H3. The van der Waals surface area contributed by atoms with Crippen molar-refractivity contribution in [1.29, 1.82) is 0 Å². The second-order valence-electron chi connectivity index (χ2n) is 2.87. The van der Waals surface area contributed by atoms with Crippen LogP contribution in [-0.4, -0.2) is 25.3 Å². The molecule has 0 spiro atoms. The molecule has 4 heteroatoms. The third-order valence-electron chi connectivity index (χ3n) is 1.68. The van der Waals surface area contributed by atoms with Gasteiger partial charge in [0.25, 0.3) is 0 Å². The lowest BCUT2D eigenvalue weighted by molar-refractivity contribution is 0.0910. The first-order valence-corrected chi connectivity index (χ1v) is 5.29. The topological polar surface area (TPSA) is 31.4 Å². The Bertz CT molecular complexity index is 251. The van der Waals surface area contributed by atoms with Crippen LogP contribution in [0, 0.1) is 0 Å². The Balaban J connectivity index is 2.15. The van der Waals surface area contributed by atoms with Crippen molar-refractivity contribution in [3.63, 3.8) is 0 Å². The molecule has 0 saturated heterocycles. The van der Waals surface area contributed by atoms with Crippen molar-refractivity contribution in [3.8, 4) is 0 Å². The minimum absolute atomic E-state index is 0.566. The van der Waals surface area contributed by atoms with Crippen LogP contribution in [0.25, 0.3) is 0 Å². The number of rotatable bonds is 6. The Hall–Kier alpha value is -0.450. The van der Waals surface area contributed by atoms with Crippen molar-refractivity contribution in [3.05, 3.63) is 28.5 Å². The molecule has 1 rings (SSSR count). The molecule has 0 aromatic carbocycles. The summed E-state index contributed by atoms with van der Waals surface area (Å²) >= 11 is 3.33. The number of pyridine rings is 1. The van der Waals surface area contributed by atoms with E-state index in [-0.39, 0.29) is 0 Å². The van der Waals surface area contributed by atoms with Gasteiger partial charge in [0.05, 0.1) is 12.3 Å². The van der Waals surface area contributed by atoms with Crippen LogP contribution in [0.1, 0.15) is 12.1 Å². The van der Waals surface area contributed by atoms with Gasteiger partial charge in [-0.2, -0.15) is 0 Å². The molecule has 0 amide bonds. The van der Waals surface area contributed by atoms with E-state index in [9.17, 15) is 0 Å². The van der Waals surface area contributed by atoms with Gasteiger partial charge in [0.1, 0.15) is 0 Å². The molecule has 0 fully saturated rings. The average molecular weight is 260 g/mol. The lowest BCUT2D eigenvalue weighted by atomic mass is 10.4. The van der Waals surface area contributed by atoms with Crippen LogP contribution in [0.2, 0.25) is 0 Å². The molecule has 1 heterocycles. The second kappa shape index (κ2) is 6.92. The van der Waals surface area contributed by atoms with Crippen molar-refractivity contribution in [2.45, 2.75) is 13.0 Å². The van der Waals surface area contributed by atoms with Crippen LogP contribution in [0.4, 0.5) is 0 Å². The summed E-state index contributed by atoms with van der Waals surface area (Å²) in [6, 6.07) is 3.90. The van der Waals surface area contributed by atoms with Crippen molar-refractivity contribution >= 4 is 15.9 Å². The van der Waals surface area contributed by atoms with E-state index in [1.165, 1.54) is 0 Å². The summed E-state index contributed by atoms with van der Waals surface area (Å²) in [5.74, 6) is 0. The number of hydrogen-bond donors (Lipinski definition) is 0. The zero-order chi connectivity index (χ0) is 10.2. The predicted octanol–water partition coefficient (Wildman–Crippen LogP) is 2.40. The smallest absolute Gasteiger partial charge is 0.0887 e. The summed E-state index contributed by atoms with van der Waals surface area (Å²) in [5, 5.41) is 0. The van der Waals surface area contributed by atoms with Gasteiger partial charge in [-0.05, 0) is 34.5 Å². The van der Waals surface area contributed by atoms with Crippen molar-refractivity contribution < 1.29 is 9.47 Å². The highest BCUT2D eigenvalue weighted by Crippen LogP contribution is 2.07. The monoisotopic (exact) mass is 259 g/mol. The first kappa shape index (κ1) is 11.6. The van der Waals surface area contributed by atoms with Gasteiger partial charge in [-0.1, -0.05) is 0 Å². The molecule has 1 aromatic rings. The fraction of sp³-hybridized carbons (Fsp3) is 0.500. The van der Waals surface area contributed by atoms with Crippen molar-refractivity contribution in [1.82, 2.24) is 4.98 Å². The van der Waals surface area contributed by atoms with E-state index in [0.29, 0.717) is 13.2 Å².